The summed E-state index contributed by atoms with van der Waals surface area (Å²) in [5, 5.41) is 0. The first-order valence-electron chi connectivity index (χ1n) is 4.60. The molecule has 2 aromatic heterocycles. The molecule has 0 atom stereocenters. The van der Waals surface area contributed by atoms with Gasteiger partial charge in [-0.25, -0.2) is 4.98 Å². The van der Waals surface area contributed by atoms with Crippen LogP contribution >= 0.6 is 0 Å². The molecule has 0 unspecified atom stereocenters. The predicted molar refractivity (Wildman–Crippen MR) is 55.9 cm³/mol. The van der Waals surface area contributed by atoms with Crippen molar-refractivity contribution in [3.63, 3.8) is 0 Å². The van der Waals surface area contributed by atoms with Gasteiger partial charge in [0.05, 0.1) is 6.42 Å². The van der Waals surface area contributed by atoms with E-state index in [0.29, 0.717) is 0 Å². The number of rotatable bonds is 1. The number of hydrogen-bond acceptors (Lipinski definition) is 5. The lowest BCUT2D eigenvalue weighted by atomic mass is 10.1. The zero-order valence-corrected chi connectivity index (χ0v) is 8.49. The molecule has 0 fully saturated rings. The number of hydrogen-bond donors (Lipinski definition) is 2. The van der Waals surface area contributed by atoms with Gasteiger partial charge in [-0.3, -0.25) is 4.98 Å². The van der Waals surface area contributed by atoms with E-state index >= 15 is 0 Å². The quantitative estimate of drug-likeness (QED) is 0.787. The molecule has 4 N–H and O–H groups in total. The summed E-state index contributed by atoms with van der Waals surface area (Å²) in [6.07, 6.45) is -4.20. The van der Waals surface area contributed by atoms with Gasteiger partial charge in [-0.2, -0.15) is 18.2 Å². The zero-order valence-electron chi connectivity index (χ0n) is 8.49. The average Bonchev–Trinajstić information content (AvgIpc) is 2.17. The van der Waals surface area contributed by atoms with Crippen LogP contribution in [-0.4, -0.2) is 21.1 Å². The highest BCUT2D eigenvalue weighted by Gasteiger charge is 2.29. The molecule has 0 aliphatic heterocycles. The fraction of sp³-hybridized carbons (Fsp3) is 0.222. The monoisotopic (exact) mass is 243 g/mol. The molecule has 90 valence electrons. The standard InChI is InChI=1S/C9H8F3N5/c10-9(11,12)3-4-1-2-15-6-5(4)16-8(14)17-7(6)13/h1-2H,3H2,(H4,13,14,16,17). The fourth-order valence-corrected chi connectivity index (χ4v) is 1.48. The number of pyridine rings is 1. The van der Waals surface area contributed by atoms with Gasteiger partial charge in [0, 0.05) is 6.20 Å². The van der Waals surface area contributed by atoms with E-state index in [1.807, 2.05) is 0 Å². The maximum atomic E-state index is 12.3. The highest BCUT2D eigenvalue weighted by Crippen LogP contribution is 2.26. The summed E-state index contributed by atoms with van der Waals surface area (Å²) in [5.41, 5.74) is 11.0. The number of fused-ring (bicyclic) bond motifs is 1. The van der Waals surface area contributed by atoms with Gasteiger partial charge in [0.25, 0.3) is 0 Å². The van der Waals surface area contributed by atoms with Crippen molar-refractivity contribution in [2.45, 2.75) is 12.6 Å². The summed E-state index contributed by atoms with van der Waals surface area (Å²) in [5.74, 6) is -0.206. The summed E-state index contributed by atoms with van der Waals surface area (Å²) in [6.45, 7) is 0. The van der Waals surface area contributed by atoms with E-state index in [-0.39, 0.29) is 28.4 Å². The first kappa shape index (κ1) is 11.4. The fourth-order valence-electron chi connectivity index (χ4n) is 1.48. The van der Waals surface area contributed by atoms with Crippen molar-refractivity contribution >= 4 is 22.8 Å². The van der Waals surface area contributed by atoms with Gasteiger partial charge in [-0.15, -0.1) is 0 Å². The van der Waals surface area contributed by atoms with Crippen molar-refractivity contribution in [2.24, 2.45) is 0 Å². The number of nitrogens with two attached hydrogens (primary N) is 2. The summed E-state index contributed by atoms with van der Waals surface area (Å²) >= 11 is 0. The second-order valence-corrected chi connectivity index (χ2v) is 3.43. The van der Waals surface area contributed by atoms with E-state index in [4.69, 9.17) is 11.5 Å². The van der Waals surface area contributed by atoms with Crippen LogP contribution in [0, 0.1) is 0 Å². The molecule has 0 aliphatic carbocycles. The van der Waals surface area contributed by atoms with Crippen molar-refractivity contribution in [3.05, 3.63) is 17.8 Å². The topological polar surface area (TPSA) is 90.7 Å². The van der Waals surface area contributed by atoms with Crippen LogP contribution in [0.5, 0.6) is 0 Å². The van der Waals surface area contributed by atoms with Gasteiger partial charge in [0.15, 0.2) is 5.82 Å². The lowest BCUT2D eigenvalue weighted by molar-refractivity contribution is -0.127. The predicted octanol–water partition coefficient (Wildman–Crippen LogP) is 1.29. The van der Waals surface area contributed by atoms with Crippen molar-refractivity contribution in [3.8, 4) is 0 Å². The van der Waals surface area contributed by atoms with Crippen molar-refractivity contribution in [2.75, 3.05) is 11.5 Å². The van der Waals surface area contributed by atoms with E-state index in [1.165, 1.54) is 12.3 Å². The second-order valence-electron chi connectivity index (χ2n) is 3.43. The minimum Gasteiger partial charge on any atom is -0.382 e. The molecule has 0 bridgehead atoms. The number of nitrogen functional groups attached to an aromatic ring is 2. The first-order chi connectivity index (χ1) is 7.87. The van der Waals surface area contributed by atoms with Crippen LogP contribution in [0.2, 0.25) is 0 Å². The van der Waals surface area contributed by atoms with E-state index in [9.17, 15) is 13.2 Å². The summed E-state index contributed by atoms with van der Waals surface area (Å²) in [4.78, 5) is 11.2. The van der Waals surface area contributed by atoms with Crippen LogP contribution in [0.3, 0.4) is 0 Å². The van der Waals surface area contributed by atoms with E-state index in [1.54, 1.807) is 0 Å². The minimum atomic E-state index is -4.33. The van der Waals surface area contributed by atoms with Crippen LogP contribution in [0.25, 0.3) is 11.0 Å². The number of anilines is 2. The number of nitrogens with zero attached hydrogens (tertiary/aromatic N) is 3. The molecular weight excluding hydrogens is 235 g/mol. The zero-order chi connectivity index (χ0) is 12.6. The van der Waals surface area contributed by atoms with Crippen molar-refractivity contribution < 1.29 is 13.2 Å². The maximum Gasteiger partial charge on any atom is 0.393 e. The molecule has 8 heteroatoms. The lowest BCUT2D eigenvalue weighted by Crippen LogP contribution is -2.13. The smallest absolute Gasteiger partial charge is 0.382 e. The maximum absolute atomic E-state index is 12.3. The van der Waals surface area contributed by atoms with Gasteiger partial charge in [0.1, 0.15) is 11.0 Å². The van der Waals surface area contributed by atoms with Crippen LogP contribution in [0.15, 0.2) is 12.3 Å². The van der Waals surface area contributed by atoms with Gasteiger partial charge in [-0.1, -0.05) is 0 Å². The highest BCUT2D eigenvalue weighted by atomic mass is 19.4. The molecule has 0 aliphatic rings. The Kier molecular flexibility index (Phi) is 2.49. The van der Waals surface area contributed by atoms with E-state index < -0.39 is 12.6 Å². The van der Waals surface area contributed by atoms with Crippen LogP contribution < -0.4 is 11.5 Å². The molecule has 5 nitrogen and oxygen atoms in total. The molecule has 2 heterocycles. The minimum absolute atomic E-state index is 0.0247. The number of aromatic nitrogens is 3. The van der Waals surface area contributed by atoms with Crippen molar-refractivity contribution in [1.82, 2.24) is 15.0 Å². The van der Waals surface area contributed by atoms with Crippen LogP contribution in [-0.2, 0) is 6.42 Å². The molecule has 2 rings (SSSR count). The Morgan fingerprint density at radius 3 is 2.47 bits per heavy atom. The van der Waals surface area contributed by atoms with Gasteiger partial charge >= 0.3 is 6.18 Å². The SMILES string of the molecule is Nc1nc(N)c2nccc(CC(F)(F)F)c2n1. The molecule has 0 aromatic carbocycles. The first-order valence-corrected chi connectivity index (χ1v) is 4.60. The largest absolute Gasteiger partial charge is 0.393 e. The third-order valence-corrected chi connectivity index (χ3v) is 2.10. The van der Waals surface area contributed by atoms with Crippen LogP contribution in [0.4, 0.5) is 24.9 Å². The third kappa shape index (κ3) is 2.35. The van der Waals surface area contributed by atoms with Crippen LogP contribution in [0.1, 0.15) is 5.56 Å². The molecule has 0 saturated carbocycles. The summed E-state index contributed by atoms with van der Waals surface area (Å²) in [7, 11) is 0. The summed E-state index contributed by atoms with van der Waals surface area (Å²) < 4.78 is 37.0. The molecule has 0 amide bonds. The van der Waals surface area contributed by atoms with E-state index in [0.717, 1.165) is 0 Å². The van der Waals surface area contributed by atoms with Gasteiger partial charge in [0.2, 0.25) is 5.95 Å². The Hall–Kier alpha value is -2.12. The molecule has 0 radical (unpaired) electrons. The Morgan fingerprint density at radius 1 is 1.12 bits per heavy atom. The highest BCUT2D eigenvalue weighted by molar-refractivity contribution is 5.87. The molecule has 0 spiro atoms. The Bertz CT molecular complexity index is 566. The number of alkyl halides is 3. The molecule has 17 heavy (non-hydrogen) atoms. The molecule has 2 aromatic rings. The van der Waals surface area contributed by atoms with Gasteiger partial charge in [-0.05, 0) is 11.6 Å². The Morgan fingerprint density at radius 2 is 1.82 bits per heavy atom. The Labute approximate surface area is 93.7 Å². The lowest BCUT2D eigenvalue weighted by Gasteiger charge is -2.09. The normalized spacial score (nSPS) is 11.9. The summed E-state index contributed by atoms with van der Waals surface area (Å²) in [6, 6.07) is 1.24. The third-order valence-electron chi connectivity index (χ3n) is 2.10. The van der Waals surface area contributed by atoms with E-state index in [2.05, 4.69) is 15.0 Å². The molecule has 0 saturated heterocycles. The second kappa shape index (κ2) is 3.72. The molecular formula is C9H8F3N5. The number of halogens is 3. The Balaban J connectivity index is 2.64. The average molecular weight is 243 g/mol. The van der Waals surface area contributed by atoms with Gasteiger partial charge < -0.3 is 11.5 Å². The van der Waals surface area contributed by atoms with Crippen molar-refractivity contribution in [1.29, 1.82) is 0 Å².